The zero-order valence-corrected chi connectivity index (χ0v) is 11.3. The summed E-state index contributed by atoms with van der Waals surface area (Å²) in [5, 5.41) is 9.49. The van der Waals surface area contributed by atoms with Gasteiger partial charge in [0.2, 0.25) is 0 Å². The summed E-state index contributed by atoms with van der Waals surface area (Å²) >= 11 is 0. The molecule has 0 saturated carbocycles. The summed E-state index contributed by atoms with van der Waals surface area (Å²) in [5.74, 6) is 0. The molecule has 0 amide bonds. The van der Waals surface area contributed by atoms with Crippen molar-refractivity contribution in [1.29, 1.82) is 5.26 Å². The highest BCUT2D eigenvalue weighted by Gasteiger charge is 2.24. The van der Waals surface area contributed by atoms with E-state index in [0.29, 0.717) is 0 Å². The molecular formula is C15H19N3O. The Balaban J connectivity index is 1.86. The molecule has 2 aliphatic heterocycles. The Hall–Kier alpha value is -1.57. The number of hydrogen-bond acceptors (Lipinski definition) is 4. The molecule has 1 aromatic carbocycles. The van der Waals surface area contributed by atoms with E-state index < -0.39 is 0 Å². The Bertz CT molecular complexity index is 503. The number of nitrogens with zero attached hydrogens (tertiary/aromatic N) is 3. The molecule has 0 aromatic heterocycles. The molecule has 0 radical (unpaired) electrons. The second-order valence-electron chi connectivity index (χ2n) is 5.24. The molecule has 0 N–H and O–H groups in total. The largest absolute Gasteiger partial charge is 0.379 e. The predicted molar refractivity (Wildman–Crippen MR) is 74.2 cm³/mol. The molecule has 0 unspecified atom stereocenters. The van der Waals surface area contributed by atoms with Crippen LogP contribution in [0.2, 0.25) is 0 Å². The molecule has 4 heteroatoms. The molecule has 2 heterocycles. The maximum atomic E-state index is 9.49. The van der Waals surface area contributed by atoms with Gasteiger partial charge in [0.15, 0.2) is 0 Å². The van der Waals surface area contributed by atoms with Crippen molar-refractivity contribution in [2.24, 2.45) is 0 Å². The summed E-state index contributed by atoms with van der Waals surface area (Å²) in [7, 11) is 2.12. The number of nitriles is 1. The quantitative estimate of drug-likeness (QED) is 0.806. The van der Waals surface area contributed by atoms with Crippen LogP contribution in [0.3, 0.4) is 0 Å². The van der Waals surface area contributed by atoms with Crippen molar-refractivity contribution >= 4 is 5.69 Å². The summed E-state index contributed by atoms with van der Waals surface area (Å²) in [6.07, 6.45) is 1.08. The monoisotopic (exact) mass is 257 g/mol. The Kier molecular flexibility index (Phi) is 3.41. The maximum Gasteiger partial charge on any atom is 0.124 e. The highest BCUT2D eigenvalue weighted by Crippen LogP contribution is 2.31. The third-order valence-corrected chi connectivity index (χ3v) is 4.08. The van der Waals surface area contributed by atoms with Crippen molar-refractivity contribution in [1.82, 2.24) is 4.90 Å². The number of likely N-dealkylation sites (N-methyl/N-ethyl adjacent to an activating group) is 1. The van der Waals surface area contributed by atoms with E-state index in [9.17, 15) is 5.26 Å². The summed E-state index contributed by atoms with van der Waals surface area (Å²) in [6.45, 7) is 4.22. The van der Waals surface area contributed by atoms with E-state index >= 15 is 0 Å². The number of ether oxygens (including phenoxy) is 1. The Morgan fingerprint density at radius 1 is 1.26 bits per heavy atom. The molecule has 4 nitrogen and oxygen atoms in total. The summed E-state index contributed by atoms with van der Waals surface area (Å²) < 4.78 is 5.36. The van der Waals surface area contributed by atoms with Gasteiger partial charge in [-0.05, 0) is 23.6 Å². The average Bonchev–Trinajstić information content (AvgIpc) is 2.82. The molecule has 2 aliphatic rings. The van der Waals surface area contributed by atoms with Gasteiger partial charge in [-0.2, -0.15) is 5.26 Å². The van der Waals surface area contributed by atoms with Crippen molar-refractivity contribution in [3.8, 4) is 6.07 Å². The van der Waals surface area contributed by atoms with Crippen LogP contribution < -0.4 is 4.90 Å². The summed E-state index contributed by atoms with van der Waals surface area (Å²) in [6, 6.07) is 8.78. The van der Waals surface area contributed by atoms with Gasteiger partial charge in [-0.25, -0.2) is 0 Å². The van der Waals surface area contributed by atoms with Crippen molar-refractivity contribution in [3.63, 3.8) is 0 Å². The van der Waals surface area contributed by atoms with Crippen molar-refractivity contribution in [3.05, 3.63) is 29.3 Å². The van der Waals surface area contributed by atoms with E-state index in [4.69, 9.17) is 4.74 Å². The molecule has 0 aliphatic carbocycles. The third kappa shape index (κ3) is 2.32. The van der Waals surface area contributed by atoms with E-state index in [1.54, 1.807) is 0 Å². The van der Waals surface area contributed by atoms with Crippen molar-refractivity contribution < 1.29 is 4.74 Å². The van der Waals surface area contributed by atoms with Crippen LogP contribution in [0, 0.1) is 11.3 Å². The molecule has 1 aromatic rings. The minimum Gasteiger partial charge on any atom is -0.379 e. The van der Waals surface area contributed by atoms with Gasteiger partial charge >= 0.3 is 0 Å². The highest BCUT2D eigenvalue weighted by atomic mass is 16.5. The van der Waals surface area contributed by atoms with Crippen LogP contribution in [0.5, 0.6) is 0 Å². The Labute approximate surface area is 114 Å². The molecule has 0 spiro atoms. The molecule has 1 fully saturated rings. The molecule has 0 bridgehead atoms. The minimum absolute atomic E-state index is 0.139. The van der Waals surface area contributed by atoms with Crippen LogP contribution >= 0.6 is 0 Å². The minimum atomic E-state index is -0.139. The van der Waals surface area contributed by atoms with E-state index in [0.717, 1.165) is 44.8 Å². The second kappa shape index (κ2) is 5.20. The van der Waals surface area contributed by atoms with Crippen LogP contribution in [-0.2, 0) is 11.2 Å². The fourth-order valence-corrected chi connectivity index (χ4v) is 2.96. The number of benzene rings is 1. The van der Waals surface area contributed by atoms with Gasteiger partial charge in [0.1, 0.15) is 6.04 Å². The van der Waals surface area contributed by atoms with Crippen molar-refractivity contribution in [2.45, 2.75) is 12.5 Å². The average molecular weight is 257 g/mol. The van der Waals surface area contributed by atoms with Gasteiger partial charge in [-0.15, -0.1) is 0 Å². The first-order valence-electron chi connectivity index (χ1n) is 6.85. The standard InChI is InChI=1S/C15H19N3O/c1-17-5-4-13-10-12(2-3-14(13)17)15(11-16)18-6-8-19-9-7-18/h2-3,10,15H,4-9H2,1H3/t15-/m0/s1. The van der Waals surface area contributed by atoms with Gasteiger partial charge in [0.25, 0.3) is 0 Å². The smallest absolute Gasteiger partial charge is 0.124 e. The fourth-order valence-electron chi connectivity index (χ4n) is 2.96. The number of morpholine rings is 1. The molecule has 19 heavy (non-hydrogen) atoms. The third-order valence-electron chi connectivity index (χ3n) is 4.08. The van der Waals surface area contributed by atoms with Crippen LogP contribution in [0.1, 0.15) is 17.2 Å². The lowest BCUT2D eigenvalue weighted by Crippen LogP contribution is -2.38. The zero-order valence-electron chi connectivity index (χ0n) is 11.3. The van der Waals surface area contributed by atoms with Gasteiger partial charge in [-0.3, -0.25) is 4.90 Å². The SMILES string of the molecule is CN1CCc2cc([C@H](C#N)N3CCOCC3)ccc21. The topological polar surface area (TPSA) is 39.5 Å². The molecular weight excluding hydrogens is 238 g/mol. The van der Waals surface area contributed by atoms with Gasteiger partial charge < -0.3 is 9.64 Å². The van der Waals surface area contributed by atoms with Gasteiger partial charge in [0, 0.05) is 32.4 Å². The number of rotatable bonds is 2. The highest BCUT2D eigenvalue weighted by molar-refractivity contribution is 5.59. The maximum absolute atomic E-state index is 9.49. The van der Waals surface area contributed by atoms with Crippen molar-refractivity contribution in [2.75, 3.05) is 44.8 Å². The normalized spacial score (nSPS) is 20.9. The summed E-state index contributed by atoms with van der Waals surface area (Å²) in [4.78, 5) is 4.49. The predicted octanol–water partition coefficient (Wildman–Crippen LogP) is 1.58. The summed E-state index contributed by atoms with van der Waals surface area (Å²) in [5.41, 5.74) is 3.80. The lowest BCUT2D eigenvalue weighted by Gasteiger charge is -2.30. The first kappa shape index (κ1) is 12.5. The molecule has 1 atom stereocenters. The molecule has 1 saturated heterocycles. The zero-order chi connectivity index (χ0) is 13.2. The Morgan fingerprint density at radius 2 is 2.05 bits per heavy atom. The lowest BCUT2D eigenvalue weighted by molar-refractivity contribution is 0.0266. The number of hydrogen-bond donors (Lipinski definition) is 0. The van der Waals surface area contributed by atoms with Gasteiger partial charge in [0.05, 0.1) is 19.3 Å². The number of anilines is 1. The first-order valence-corrected chi connectivity index (χ1v) is 6.85. The molecule has 3 rings (SSSR count). The fraction of sp³-hybridized carbons (Fsp3) is 0.533. The first-order chi connectivity index (χ1) is 9.29. The van der Waals surface area contributed by atoms with Crippen LogP contribution in [0.4, 0.5) is 5.69 Å². The lowest BCUT2D eigenvalue weighted by atomic mass is 10.0. The van der Waals surface area contributed by atoms with Crippen LogP contribution in [0.15, 0.2) is 18.2 Å². The molecule has 100 valence electrons. The van der Waals surface area contributed by atoms with E-state index in [1.807, 2.05) is 0 Å². The second-order valence-corrected chi connectivity index (χ2v) is 5.24. The van der Waals surface area contributed by atoms with Gasteiger partial charge in [-0.1, -0.05) is 12.1 Å². The Morgan fingerprint density at radius 3 is 2.79 bits per heavy atom. The van der Waals surface area contributed by atoms with E-state index in [2.05, 4.69) is 41.1 Å². The van der Waals surface area contributed by atoms with Crippen LogP contribution in [-0.4, -0.2) is 44.8 Å². The number of fused-ring (bicyclic) bond motifs is 1. The van der Waals surface area contributed by atoms with E-state index in [1.165, 1.54) is 11.3 Å². The van der Waals surface area contributed by atoms with Crippen LogP contribution in [0.25, 0.3) is 0 Å². The van der Waals surface area contributed by atoms with E-state index in [-0.39, 0.29) is 6.04 Å².